The van der Waals surface area contributed by atoms with E-state index in [-0.39, 0.29) is 11.3 Å². The summed E-state index contributed by atoms with van der Waals surface area (Å²) in [6.45, 7) is 6.01. The monoisotopic (exact) mass is 284 g/mol. The summed E-state index contributed by atoms with van der Waals surface area (Å²) in [5, 5.41) is 15.9. The second-order valence-electron chi connectivity index (χ2n) is 5.22. The Hall–Kier alpha value is -2.36. The van der Waals surface area contributed by atoms with Gasteiger partial charge in [0.25, 0.3) is 5.91 Å². The zero-order valence-electron chi connectivity index (χ0n) is 12.6. The Morgan fingerprint density at radius 3 is 2.52 bits per heavy atom. The molecule has 0 aromatic heterocycles. The molecule has 0 saturated carbocycles. The molecule has 2 aromatic rings. The predicted octanol–water partition coefficient (Wildman–Crippen LogP) is 3.70. The minimum absolute atomic E-state index is 0.0393. The Labute approximate surface area is 124 Å². The Bertz CT molecular complexity index is 692. The van der Waals surface area contributed by atoms with Crippen molar-refractivity contribution in [2.45, 2.75) is 27.2 Å². The maximum atomic E-state index is 12.1. The summed E-state index contributed by atoms with van der Waals surface area (Å²) in [6, 6.07) is 10.8. The van der Waals surface area contributed by atoms with Crippen LogP contribution in [0.4, 0.5) is 0 Å². The largest absolute Gasteiger partial charge is 0.507 e. The van der Waals surface area contributed by atoms with E-state index in [1.165, 1.54) is 0 Å². The van der Waals surface area contributed by atoms with Crippen LogP contribution in [-0.4, -0.2) is 16.7 Å². The average Bonchev–Trinajstić information content (AvgIpc) is 2.50. The molecule has 0 spiro atoms. The van der Waals surface area contributed by atoms with Gasteiger partial charge in [-0.15, -0.1) is 0 Å². The second-order valence-corrected chi connectivity index (χ2v) is 5.22. The Morgan fingerprint density at radius 2 is 1.90 bits per heavy atom. The first-order chi connectivity index (χ1) is 10.0. The van der Waals surface area contributed by atoms with Crippen LogP contribution >= 0.6 is 0 Å². The molecule has 1 amide bonds. The van der Waals surface area contributed by atoms with Crippen LogP contribution in [0.3, 0.4) is 0 Å². The first-order valence-electron chi connectivity index (χ1n) is 7.09. The van der Waals surface area contributed by atoms with E-state index >= 15 is 0 Å². The van der Waals surface area contributed by atoms with Gasteiger partial charge in [-0.05, 0) is 42.2 Å². The molecule has 2 aromatic carbocycles. The predicted molar refractivity (Wildman–Crippen MR) is 85.6 cm³/mol. The number of carbonyl (C=O) groups excluding carboxylic acids is 1. The maximum Gasteiger partial charge on any atom is 0.275 e. The molecule has 110 valence electrons. The van der Waals surface area contributed by atoms with E-state index in [0.29, 0.717) is 5.92 Å². The quantitative estimate of drug-likeness (QED) is 0.664. The molecule has 0 saturated heterocycles. The summed E-state index contributed by atoms with van der Waals surface area (Å²) in [5.41, 5.74) is 3.61. The Balaban J connectivity index is 2.25. The molecule has 0 fully saturated rings. The van der Waals surface area contributed by atoms with Crippen LogP contribution in [-0.2, 0) is 0 Å². The number of phenolic OH excluding ortho intramolecular Hbond substituents is 1. The smallest absolute Gasteiger partial charge is 0.275 e. The van der Waals surface area contributed by atoms with Gasteiger partial charge in [-0.25, -0.2) is 5.43 Å². The second kappa shape index (κ2) is 6.39. The van der Waals surface area contributed by atoms with E-state index < -0.39 is 5.91 Å². The van der Waals surface area contributed by atoms with Crippen LogP contribution in [0, 0.1) is 5.92 Å². The number of nitrogens with zero attached hydrogens (tertiary/aromatic N) is 1. The summed E-state index contributed by atoms with van der Waals surface area (Å²) >= 11 is 0. The number of hydrogen-bond acceptors (Lipinski definition) is 3. The van der Waals surface area contributed by atoms with E-state index in [9.17, 15) is 9.90 Å². The van der Waals surface area contributed by atoms with Crippen LogP contribution in [0.15, 0.2) is 41.5 Å². The third kappa shape index (κ3) is 3.40. The van der Waals surface area contributed by atoms with Gasteiger partial charge in [0.1, 0.15) is 5.75 Å². The number of rotatable bonds is 4. The molecule has 0 heterocycles. The average molecular weight is 284 g/mol. The number of hydrogen-bond donors (Lipinski definition) is 2. The lowest BCUT2D eigenvalue weighted by Gasteiger charge is -2.09. The number of fused-ring (bicyclic) bond motifs is 1. The molecule has 2 N–H and O–H groups in total. The van der Waals surface area contributed by atoms with Gasteiger partial charge >= 0.3 is 0 Å². The van der Waals surface area contributed by atoms with Crippen molar-refractivity contribution in [2.24, 2.45) is 11.0 Å². The minimum atomic E-state index is -0.402. The molecule has 2 rings (SSSR count). The maximum absolute atomic E-state index is 12.1. The number of hydrazone groups is 1. The van der Waals surface area contributed by atoms with Crippen molar-refractivity contribution < 1.29 is 9.90 Å². The summed E-state index contributed by atoms with van der Waals surface area (Å²) in [6.07, 6.45) is 0.965. The van der Waals surface area contributed by atoms with E-state index in [1.54, 1.807) is 12.1 Å². The van der Waals surface area contributed by atoms with E-state index in [1.807, 2.05) is 31.2 Å². The van der Waals surface area contributed by atoms with Crippen LogP contribution in [0.5, 0.6) is 5.75 Å². The SMILES string of the molecule is CC[C@H](C)/C(C)=N\NC(=O)c1cc2ccccc2cc1O. The third-order valence-electron chi connectivity index (χ3n) is 3.77. The van der Waals surface area contributed by atoms with Crippen LogP contribution in [0.2, 0.25) is 0 Å². The molecule has 0 aliphatic rings. The van der Waals surface area contributed by atoms with Gasteiger partial charge in [-0.2, -0.15) is 5.10 Å². The fourth-order valence-electron chi connectivity index (χ4n) is 2.01. The fourth-order valence-corrected chi connectivity index (χ4v) is 2.01. The van der Waals surface area contributed by atoms with E-state index in [0.717, 1.165) is 22.9 Å². The van der Waals surface area contributed by atoms with Gasteiger partial charge in [0.2, 0.25) is 0 Å². The zero-order valence-corrected chi connectivity index (χ0v) is 12.6. The summed E-state index contributed by atoms with van der Waals surface area (Å²) in [5.74, 6) is -0.126. The minimum Gasteiger partial charge on any atom is -0.507 e. The Morgan fingerprint density at radius 1 is 1.29 bits per heavy atom. The van der Waals surface area contributed by atoms with Crippen molar-refractivity contribution in [3.05, 3.63) is 42.0 Å². The van der Waals surface area contributed by atoms with Gasteiger partial charge in [-0.1, -0.05) is 38.1 Å². The van der Waals surface area contributed by atoms with Crippen molar-refractivity contribution in [3.63, 3.8) is 0 Å². The third-order valence-corrected chi connectivity index (χ3v) is 3.77. The van der Waals surface area contributed by atoms with Gasteiger partial charge < -0.3 is 5.11 Å². The van der Waals surface area contributed by atoms with Crippen molar-refractivity contribution >= 4 is 22.4 Å². The fraction of sp³-hybridized carbons (Fsp3) is 0.294. The van der Waals surface area contributed by atoms with Crippen LogP contribution in [0.25, 0.3) is 10.8 Å². The molecule has 0 aliphatic heterocycles. The van der Waals surface area contributed by atoms with Crippen molar-refractivity contribution in [2.75, 3.05) is 0 Å². The van der Waals surface area contributed by atoms with Crippen LogP contribution < -0.4 is 5.43 Å². The van der Waals surface area contributed by atoms with E-state index in [2.05, 4.69) is 24.4 Å². The first-order valence-corrected chi connectivity index (χ1v) is 7.09. The Kier molecular flexibility index (Phi) is 4.58. The molecular formula is C17H20N2O2. The summed E-state index contributed by atoms with van der Waals surface area (Å²) in [4.78, 5) is 12.1. The van der Waals surface area contributed by atoms with Gasteiger partial charge in [0.05, 0.1) is 5.56 Å². The highest BCUT2D eigenvalue weighted by atomic mass is 16.3. The van der Waals surface area contributed by atoms with Crippen LogP contribution in [0.1, 0.15) is 37.6 Å². The molecule has 0 aliphatic carbocycles. The topological polar surface area (TPSA) is 61.7 Å². The van der Waals surface area contributed by atoms with Gasteiger partial charge in [-0.3, -0.25) is 4.79 Å². The van der Waals surface area contributed by atoms with Gasteiger partial charge in [0, 0.05) is 5.71 Å². The summed E-state index contributed by atoms with van der Waals surface area (Å²) in [7, 11) is 0. The summed E-state index contributed by atoms with van der Waals surface area (Å²) < 4.78 is 0. The molecule has 1 atom stereocenters. The molecule has 21 heavy (non-hydrogen) atoms. The highest BCUT2D eigenvalue weighted by molar-refractivity contribution is 6.02. The number of aromatic hydroxyl groups is 1. The highest BCUT2D eigenvalue weighted by Gasteiger charge is 2.12. The normalized spacial score (nSPS) is 13.2. The number of nitrogens with one attached hydrogen (secondary N) is 1. The lowest BCUT2D eigenvalue weighted by atomic mass is 10.0. The van der Waals surface area contributed by atoms with E-state index in [4.69, 9.17) is 0 Å². The van der Waals surface area contributed by atoms with Crippen molar-refractivity contribution in [3.8, 4) is 5.75 Å². The molecule has 0 bridgehead atoms. The number of phenols is 1. The first kappa shape index (κ1) is 15.0. The molecule has 0 unspecified atom stereocenters. The number of amides is 1. The van der Waals surface area contributed by atoms with Crippen molar-refractivity contribution in [1.82, 2.24) is 5.43 Å². The standard InChI is InChI=1S/C17H20N2O2/c1-4-11(2)12(3)18-19-17(21)15-9-13-7-5-6-8-14(13)10-16(15)20/h5-11,20H,4H2,1-3H3,(H,19,21)/b18-12-/t11-/m0/s1. The number of carbonyl (C=O) groups is 1. The zero-order chi connectivity index (χ0) is 15.4. The number of benzene rings is 2. The molecule has 4 nitrogen and oxygen atoms in total. The molecule has 0 radical (unpaired) electrons. The lowest BCUT2D eigenvalue weighted by Crippen LogP contribution is -2.21. The molecular weight excluding hydrogens is 264 g/mol. The van der Waals surface area contributed by atoms with Crippen molar-refractivity contribution in [1.29, 1.82) is 0 Å². The lowest BCUT2D eigenvalue weighted by molar-refractivity contribution is 0.0952. The molecule has 4 heteroatoms. The van der Waals surface area contributed by atoms with Gasteiger partial charge in [0.15, 0.2) is 0 Å². The highest BCUT2D eigenvalue weighted by Crippen LogP contribution is 2.24.